The number of alkyl halides is 3. The van der Waals surface area contributed by atoms with Crippen LogP contribution in [0.5, 0.6) is 11.5 Å². The minimum atomic E-state index is -4.63. The van der Waals surface area contributed by atoms with Gasteiger partial charge in [-0.1, -0.05) is 0 Å². The van der Waals surface area contributed by atoms with Gasteiger partial charge in [-0.25, -0.2) is 4.39 Å². The van der Waals surface area contributed by atoms with E-state index in [4.69, 9.17) is 14.0 Å². The van der Waals surface area contributed by atoms with E-state index in [1.807, 2.05) is 27.7 Å². The van der Waals surface area contributed by atoms with Crippen LogP contribution in [0.4, 0.5) is 17.6 Å². The van der Waals surface area contributed by atoms with Crippen LogP contribution in [0, 0.1) is 12.7 Å². The Morgan fingerprint density at radius 2 is 1.61 bits per heavy atom. The molecule has 3 rings (SSSR count). The average molecular weight is 397 g/mol. The number of aromatic nitrogens is 1. The smallest absolute Gasteiger partial charge is 0.452 e. The van der Waals surface area contributed by atoms with Crippen molar-refractivity contribution in [3.63, 3.8) is 0 Å². The number of hydrogen-bond acceptors (Lipinski definition) is 4. The monoisotopic (exact) mass is 397 g/mol. The van der Waals surface area contributed by atoms with Gasteiger partial charge in [-0.15, -0.1) is 0 Å². The number of rotatable bonds is 3. The third kappa shape index (κ3) is 3.73. The van der Waals surface area contributed by atoms with Crippen molar-refractivity contribution in [3.05, 3.63) is 47.5 Å². The zero-order valence-electron chi connectivity index (χ0n) is 16.1. The van der Waals surface area contributed by atoms with E-state index in [-0.39, 0.29) is 11.5 Å². The maximum Gasteiger partial charge on any atom is 0.496 e. The second-order valence-electron chi connectivity index (χ2n) is 7.69. The van der Waals surface area contributed by atoms with Gasteiger partial charge in [-0.3, -0.25) is 4.98 Å². The Kier molecular flexibility index (Phi) is 4.96. The van der Waals surface area contributed by atoms with Gasteiger partial charge < -0.3 is 14.0 Å². The van der Waals surface area contributed by atoms with Crippen LogP contribution in [0.3, 0.4) is 0 Å². The molecule has 1 aliphatic heterocycles. The van der Waals surface area contributed by atoms with Crippen LogP contribution in [-0.2, 0) is 15.5 Å². The first-order chi connectivity index (χ1) is 12.8. The molecule has 0 bridgehead atoms. The summed E-state index contributed by atoms with van der Waals surface area (Å²) in [7, 11) is -0.696. The summed E-state index contributed by atoms with van der Waals surface area (Å²) >= 11 is 0. The summed E-state index contributed by atoms with van der Waals surface area (Å²) in [6.07, 6.45) is -1.71. The summed E-state index contributed by atoms with van der Waals surface area (Å²) in [4.78, 5) is 4.08. The average Bonchev–Trinajstić information content (AvgIpc) is 2.78. The largest absolute Gasteiger partial charge is 0.496 e. The van der Waals surface area contributed by atoms with Gasteiger partial charge in [0.25, 0.3) is 0 Å². The molecule has 1 saturated heterocycles. The topological polar surface area (TPSA) is 40.6 Å². The van der Waals surface area contributed by atoms with Crippen molar-refractivity contribution in [2.24, 2.45) is 0 Å². The Balaban J connectivity index is 1.89. The molecule has 1 aromatic carbocycles. The Hall–Kier alpha value is -2.13. The summed E-state index contributed by atoms with van der Waals surface area (Å²) in [5, 5.41) is 0. The van der Waals surface area contributed by atoms with E-state index >= 15 is 0 Å². The van der Waals surface area contributed by atoms with E-state index in [9.17, 15) is 17.6 Å². The summed E-state index contributed by atoms with van der Waals surface area (Å²) in [5.74, 6) is -1.25. The number of hydrogen-bond donors (Lipinski definition) is 0. The van der Waals surface area contributed by atoms with Gasteiger partial charge in [0, 0.05) is 11.7 Å². The van der Waals surface area contributed by atoms with E-state index in [0.717, 1.165) is 12.1 Å². The molecule has 0 spiro atoms. The molecule has 28 heavy (non-hydrogen) atoms. The second-order valence-corrected chi connectivity index (χ2v) is 7.69. The third-order valence-electron chi connectivity index (χ3n) is 5.19. The molecule has 1 aromatic heterocycles. The molecule has 1 aliphatic rings. The maximum absolute atomic E-state index is 14.1. The molecule has 0 atom stereocenters. The van der Waals surface area contributed by atoms with E-state index in [1.54, 1.807) is 13.1 Å². The van der Waals surface area contributed by atoms with Crippen molar-refractivity contribution in [1.29, 1.82) is 0 Å². The first kappa shape index (κ1) is 20.6. The molecule has 150 valence electrons. The minimum Gasteiger partial charge on any atom is -0.452 e. The van der Waals surface area contributed by atoms with Crippen molar-refractivity contribution in [2.45, 2.75) is 52.0 Å². The Bertz CT molecular complexity index is 883. The highest BCUT2D eigenvalue weighted by atomic mass is 19.4. The molecule has 1 fully saturated rings. The molecule has 0 aliphatic carbocycles. The normalized spacial score (nSPS) is 18.4. The lowest BCUT2D eigenvalue weighted by Crippen LogP contribution is -2.41. The van der Waals surface area contributed by atoms with Crippen LogP contribution in [0.15, 0.2) is 30.6 Å². The van der Waals surface area contributed by atoms with Gasteiger partial charge in [0.05, 0.1) is 23.0 Å². The minimum absolute atomic E-state index is 0.200. The van der Waals surface area contributed by atoms with Crippen LogP contribution in [0.1, 0.15) is 38.8 Å². The van der Waals surface area contributed by atoms with Crippen molar-refractivity contribution in [2.75, 3.05) is 0 Å². The zero-order valence-corrected chi connectivity index (χ0v) is 16.1. The second kappa shape index (κ2) is 6.74. The van der Waals surface area contributed by atoms with E-state index in [1.165, 1.54) is 6.20 Å². The number of nitrogens with zero attached hydrogens (tertiary/aromatic N) is 1. The Labute approximate surface area is 161 Å². The van der Waals surface area contributed by atoms with Gasteiger partial charge in [0.2, 0.25) is 0 Å². The predicted octanol–water partition coefficient (Wildman–Crippen LogP) is 4.64. The van der Waals surface area contributed by atoms with Crippen molar-refractivity contribution in [1.82, 2.24) is 4.98 Å². The van der Waals surface area contributed by atoms with E-state index < -0.39 is 35.9 Å². The van der Waals surface area contributed by atoms with Crippen molar-refractivity contribution in [3.8, 4) is 11.5 Å². The highest BCUT2D eigenvalue weighted by Gasteiger charge is 2.52. The van der Waals surface area contributed by atoms with Gasteiger partial charge >= 0.3 is 13.3 Å². The molecular formula is C19H20BF4NO3. The first-order valence-corrected chi connectivity index (χ1v) is 8.66. The number of pyridine rings is 1. The number of benzene rings is 1. The molecule has 2 heterocycles. The lowest BCUT2D eigenvalue weighted by Gasteiger charge is -2.32. The van der Waals surface area contributed by atoms with E-state index in [2.05, 4.69) is 4.98 Å². The van der Waals surface area contributed by atoms with Gasteiger partial charge in [0.1, 0.15) is 5.75 Å². The van der Waals surface area contributed by atoms with Crippen LogP contribution < -0.4 is 10.2 Å². The zero-order chi connectivity index (χ0) is 20.9. The van der Waals surface area contributed by atoms with E-state index in [0.29, 0.717) is 17.1 Å². The Morgan fingerprint density at radius 1 is 1.00 bits per heavy atom. The fourth-order valence-electron chi connectivity index (χ4n) is 2.71. The van der Waals surface area contributed by atoms with Crippen LogP contribution >= 0.6 is 0 Å². The molecule has 0 unspecified atom stereocenters. The molecular weight excluding hydrogens is 377 g/mol. The third-order valence-corrected chi connectivity index (χ3v) is 5.19. The Morgan fingerprint density at radius 3 is 2.14 bits per heavy atom. The molecule has 0 saturated carbocycles. The molecule has 4 nitrogen and oxygen atoms in total. The fraction of sp³-hybridized carbons (Fsp3) is 0.421. The van der Waals surface area contributed by atoms with Crippen LogP contribution in [0.2, 0.25) is 0 Å². The summed E-state index contributed by atoms with van der Waals surface area (Å²) in [6.45, 7) is 9.36. The molecule has 0 radical (unpaired) electrons. The van der Waals surface area contributed by atoms with Gasteiger partial charge in [-0.05, 0) is 58.4 Å². The summed E-state index contributed by atoms with van der Waals surface area (Å²) in [6, 6.07) is 2.11. The first-order valence-electron chi connectivity index (χ1n) is 8.66. The van der Waals surface area contributed by atoms with Gasteiger partial charge in [0.15, 0.2) is 11.6 Å². The van der Waals surface area contributed by atoms with Crippen molar-refractivity contribution >= 4 is 12.6 Å². The predicted molar refractivity (Wildman–Crippen MR) is 96.2 cm³/mol. The fourth-order valence-corrected chi connectivity index (χ4v) is 2.71. The molecule has 2 aromatic rings. The lowest BCUT2D eigenvalue weighted by atomic mass is 9.77. The standard InChI is InChI=1S/C19H20BF4NO3/c1-11-13(20-27-17(2,3)18(4,5)28-20)9-25-10-16(11)26-15-7-6-12(8-14(15)21)19(22,23)24/h6-10H,1-5H3. The molecule has 9 heteroatoms. The summed E-state index contributed by atoms with van der Waals surface area (Å²) < 4.78 is 69.7. The van der Waals surface area contributed by atoms with Crippen molar-refractivity contribution < 1.29 is 31.6 Å². The SMILES string of the molecule is Cc1c(Oc2ccc(C(F)(F)F)cc2F)cncc1B1OC(C)(C)C(C)(C)O1. The molecule has 0 amide bonds. The molecule has 0 N–H and O–H groups in total. The van der Waals surface area contributed by atoms with Crippen LogP contribution in [-0.4, -0.2) is 23.3 Å². The summed E-state index contributed by atoms with van der Waals surface area (Å²) in [5.41, 5.74) is -1.00. The lowest BCUT2D eigenvalue weighted by molar-refractivity contribution is -0.137. The number of halogens is 4. The number of ether oxygens (including phenoxy) is 1. The van der Waals surface area contributed by atoms with Gasteiger partial charge in [-0.2, -0.15) is 13.2 Å². The highest BCUT2D eigenvalue weighted by molar-refractivity contribution is 6.62. The maximum atomic E-state index is 14.1. The highest BCUT2D eigenvalue weighted by Crippen LogP contribution is 2.37. The van der Waals surface area contributed by atoms with Crippen LogP contribution in [0.25, 0.3) is 0 Å². The quantitative estimate of drug-likeness (QED) is 0.559.